The molecule has 0 unspecified atom stereocenters. The van der Waals surface area contributed by atoms with Crippen LogP contribution in [0.3, 0.4) is 0 Å². The quantitative estimate of drug-likeness (QED) is 0.201. The summed E-state index contributed by atoms with van der Waals surface area (Å²) in [5.74, 6) is 0. The third kappa shape index (κ3) is 4.24. The first-order chi connectivity index (χ1) is 21.6. The van der Waals surface area contributed by atoms with Crippen LogP contribution in [0.4, 0.5) is 17.1 Å². The van der Waals surface area contributed by atoms with Gasteiger partial charge in [0.2, 0.25) is 0 Å². The second kappa shape index (κ2) is 10.4. The summed E-state index contributed by atoms with van der Waals surface area (Å²) in [5.41, 5.74) is 13.6. The molecule has 1 aliphatic rings. The molecule has 210 valence electrons. The Hall–Kier alpha value is -5.40. The molecule has 0 radical (unpaired) electrons. The lowest BCUT2D eigenvalue weighted by molar-refractivity contribution is 0.660. The number of nitrogens with zero attached hydrogens (tertiary/aromatic N) is 1. The molecule has 0 spiro atoms. The maximum Gasteiger partial charge on any atom is 0.0543 e. The number of fused-ring (bicyclic) bond motifs is 4. The van der Waals surface area contributed by atoms with E-state index in [2.05, 4.69) is 183 Å². The zero-order chi connectivity index (χ0) is 29.7. The lowest BCUT2D eigenvalue weighted by Crippen LogP contribution is -2.16. The summed E-state index contributed by atoms with van der Waals surface area (Å²) in [6, 6.07) is 59.6. The Kier molecular flexibility index (Phi) is 6.20. The van der Waals surface area contributed by atoms with Crippen molar-refractivity contribution in [3.05, 3.63) is 175 Å². The zero-order valence-corrected chi connectivity index (χ0v) is 25.0. The lowest BCUT2D eigenvalue weighted by Gasteiger charge is -2.31. The van der Waals surface area contributed by atoms with Gasteiger partial charge in [0.25, 0.3) is 0 Å². The topological polar surface area (TPSA) is 3.24 Å². The fourth-order valence-electron chi connectivity index (χ4n) is 7.05. The average Bonchev–Trinajstić information content (AvgIpc) is 3.32. The van der Waals surface area contributed by atoms with Crippen molar-refractivity contribution in [2.75, 3.05) is 4.90 Å². The molecule has 0 saturated heterocycles. The first-order valence-corrected chi connectivity index (χ1v) is 15.4. The molecular weight excluding hydrogens is 530 g/mol. The Morgan fingerprint density at radius 3 is 1.89 bits per heavy atom. The van der Waals surface area contributed by atoms with Gasteiger partial charge in [0.15, 0.2) is 0 Å². The van der Waals surface area contributed by atoms with Gasteiger partial charge in [-0.05, 0) is 74.5 Å². The van der Waals surface area contributed by atoms with Crippen LogP contribution in [0.5, 0.6) is 0 Å². The molecule has 7 aromatic rings. The van der Waals surface area contributed by atoms with E-state index >= 15 is 0 Å². The van der Waals surface area contributed by atoms with E-state index in [1.165, 1.54) is 61.0 Å². The third-order valence-corrected chi connectivity index (χ3v) is 9.24. The summed E-state index contributed by atoms with van der Waals surface area (Å²) in [6.45, 7) is 4.70. The predicted octanol–water partition coefficient (Wildman–Crippen LogP) is 11.9. The maximum atomic E-state index is 2.48. The average molecular weight is 564 g/mol. The number of rotatable bonds is 5. The van der Waals surface area contributed by atoms with Gasteiger partial charge in [-0.1, -0.05) is 147 Å². The highest BCUT2D eigenvalue weighted by atomic mass is 15.1. The van der Waals surface area contributed by atoms with Gasteiger partial charge in [0.05, 0.1) is 11.4 Å². The van der Waals surface area contributed by atoms with E-state index in [1.54, 1.807) is 0 Å². The van der Waals surface area contributed by atoms with Crippen molar-refractivity contribution in [3.63, 3.8) is 0 Å². The number of para-hydroxylation sites is 1. The van der Waals surface area contributed by atoms with E-state index < -0.39 is 0 Å². The second-order valence-corrected chi connectivity index (χ2v) is 12.2. The fourth-order valence-corrected chi connectivity index (χ4v) is 7.05. The van der Waals surface area contributed by atoms with Crippen LogP contribution < -0.4 is 4.90 Å². The van der Waals surface area contributed by atoms with Gasteiger partial charge in [0, 0.05) is 22.2 Å². The van der Waals surface area contributed by atoms with E-state index in [-0.39, 0.29) is 5.41 Å². The number of hydrogen-bond donors (Lipinski definition) is 0. The van der Waals surface area contributed by atoms with Gasteiger partial charge in [-0.15, -0.1) is 0 Å². The molecule has 0 saturated carbocycles. The van der Waals surface area contributed by atoms with Crippen molar-refractivity contribution in [3.8, 4) is 33.4 Å². The van der Waals surface area contributed by atoms with Gasteiger partial charge in [0.1, 0.15) is 0 Å². The molecule has 1 nitrogen and oxygen atoms in total. The molecule has 0 fully saturated rings. The molecule has 0 amide bonds. The minimum atomic E-state index is -0.0828. The number of hydrogen-bond acceptors (Lipinski definition) is 1. The Balaban J connectivity index is 1.40. The van der Waals surface area contributed by atoms with Crippen LogP contribution in [0.2, 0.25) is 0 Å². The summed E-state index contributed by atoms with van der Waals surface area (Å²) in [5, 5.41) is 2.47. The smallest absolute Gasteiger partial charge is 0.0543 e. The van der Waals surface area contributed by atoms with Gasteiger partial charge < -0.3 is 4.90 Å². The van der Waals surface area contributed by atoms with E-state index in [0.717, 1.165) is 11.4 Å². The summed E-state index contributed by atoms with van der Waals surface area (Å²) in [4.78, 5) is 2.48. The standard InChI is InChI=1S/C43H33N/c1-43(2)38-22-10-8-21-37(38)42-39(43)23-13-25-41(42)44(35-27-26-31-16-6-7-17-33(31)29-35)40-24-11-9-20-36(40)34-19-12-18-32(28-34)30-14-4-3-5-15-30/h3-29H,1-2H3. The number of benzene rings is 7. The molecule has 1 aliphatic carbocycles. The zero-order valence-electron chi connectivity index (χ0n) is 25.0. The molecule has 8 rings (SSSR count). The second-order valence-electron chi connectivity index (χ2n) is 12.2. The summed E-state index contributed by atoms with van der Waals surface area (Å²) >= 11 is 0. The van der Waals surface area contributed by atoms with Gasteiger partial charge in [-0.25, -0.2) is 0 Å². The predicted molar refractivity (Wildman–Crippen MR) is 187 cm³/mol. The number of anilines is 3. The van der Waals surface area contributed by atoms with Crippen molar-refractivity contribution in [2.24, 2.45) is 0 Å². The Morgan fingerprint density at radius 2 is 1.02 bits per heavy atom. The monoisotopic (exact) mass is 563 g/mol. The first kappa shape index (κ1) is 26.2. The van der Waals surface area contributed by atoms with Crippen molar-refractivity contribution < 1.29 is 0 Å². The third-order valence-electron chi connectivity index (χ3n) is 9.24. The summed E-state index contributed by atoms with van der Waals surface area (Å²) in [7, 11) is 0. The Morgan fingerprint density at radius 1 is 0.409 bits per heavy atom. The van der Waals surface area contributed by atoms with Crippen LogP contribution in [-0.2, 0) is 5.41 Å². The van der Waals surface area contributed by atoms with Crippen LogP contribution >= 0.6 is 0 Å². The first-order valence-electron chi connectivity index (χ1n) is 15.4. The molecular formula is C43H33N. The minimum absolute atomic E-state index is 0.0828. The van der Waals surface area contributed by atoms with Crippen molar-refractivity contribution in [2.45, 2.75) is 19.3 Å². The highest BCUT2D eigenvalue weighted by Gasteiger charge is 2.37. The van der Waals surface area contributed by atoms with E-state index in [9.17, 15) is 0 Å². The lowest BCUT2D eigenvalue weighted by atomic mass is 9.82. The molecule has 0 bridgehead atoms. The van der Waals surface area contributed by atoms with E-state index in [4.69, 9.17) is 0 Å². The molecule has 7 aromatic carbocycles. The highest BCUT2D eigenvalue weighted by Crippen LogP contribution is 2.55. The fraction of sp³-hybridized carbons (Fsp3) is 0.0698. The molecule has 44 heavy (non-hydrogen) atoms. The maximum absolute atomic E-state index is 2.48. The Labute approximate surface area is 259 Å². The van der Waals surface area contributed by atoms with Crippen molar-refractivity contribution in [1.82, 2.24) is 0 Å². The molecule has 1 heteroatoms. The van der Waals surface area contributed by atoms with Crippen LogP contribution in [0, 0.1) is 0 Å². The summed E-state index contributed by atoms with van der Waals surface area (Å²) < 4.78 is 0. The van der Waals surface area contributed by atoms with Crippen LogP contribution in [0.25, 0.3) is 44.2 Å². The summed E-state index contributed by atoms with van der Waals surface area (Å²) in [6.07, 6.45) is 0. The molecule has 0 heterocycles. The van der Waals surface area contributed by atoms with Crippen molar-refractivity contribution in [1.29, 1.82) is 0 Å². The van der Waals surface area contributed by atoms with Gasteiger partial charge in [-0.3, -0.25) is 0 Å². The molecule has 0 aliphatic heterocycles. The van der Waals surface area contributed by atoms with Gasteiger partial charge in [-0.2, -0.15) is 0 Å². The van der Waals surface area contributed by atoms with Crippen LogP contribution in [0.15, 0.2) is 164 Å². The molecule has 0 atom stereocenters. The SMILES string of the molecule is CC1(C)c2ccccc2-c2c(N(c3ccc4ccccc4c3)c3ccccc3-c3cccc(-c4ccccc4)c3)cccc21. The largest absolute Gasteiger partial charge is 0.309 e. The normalized spacial score (nSPS) is 13.0. The van der Waals surface area contributed by atoms with E-state index in [1.807, 2.05) is 0 Å². The molecule has 0 aromatic heterocycles. The highest BCUT2D eigenvalue weighted by molar-refractivity contribution is 5.99. The van der Waals surface area contributed by atoms with Crippen LogP contribution in [-0.4, -0.2) is 0 Å². The van der Waals surface area contributed by atoms with E-state index in [0.29, 0.717) is 0 Å². The minimum Gasteiger partial charge on any atom is -0.309 e. The van der Waals surface area contributed by atoms with Gasteiger partial charge >= 0.3 is 0 Å². The Bertz CT molecular complexity index is 2150. The van der Waals surface area contributed by atoms with Crippen molar-refractivity contribution >= 4 is 27.8 Å². The molecule has 0 N–H and O–H groups in total. The van der Waals surface area contributed by atoms with Crippen LogP contribution in [0.1, 0.15) is 25.0 Å².